The quantitative estimate of drug-likeness (QED) is 0.763. The van der Waals surface area contributed by atoms with Gasteiger partial charge in [0.25, 0.3) is 15.9 Å². The normalized spacial score (nSPS) is 18.3. The van der Waals surface area contributed by atoms with Crippen LogP contribution in [0.2, 0.25) is 0 Å². The molecule has 0 spiro atoms. The fraction of sp³-hybridized carbons (Fsp3) is 0.435. The molecular weight excluding hydrogens is 417 g/mol. The third-order valence-corrected chi connectivity index (χ3v) is 7.79. The third kappa shape index (κ3) is 4.91. The monoisotopic (exact) mass is 445 g/mol. The van der Waals surface area contributed by atoms with Gasteiger partial charge in [-0.25, -0.2) is 12.8 Å². The van der Waals surface area contributed by atoms with Gasteiger partial charge in [-0.15, -0.1) is 0 Å². The summed E-state index contributed by atoms with van der Waals surface area (Å²) in [6.45, 7) is 4.80. The molecule has 1 aliphatic carbocycles. The average molecular weight is 446 g/mol. The number of benzene rings is 2. The van der Waals surface area contributed by atoms with Crippen LogP contribution in [0.4, 0.5) is 10.1 Å². The summed E-state index contributed by atoms with van der Waals surface area (Å²) in [5, 5.41) is 0. The van der Waals surface area contributed by atoms with Crippen LogP contribution in [0.25, 0.3) is 0 Å². The minimum atomic E-state index is -3.85. The molecule has 1 aliphatic heterocycles. The van der Waals surface area contributed by atoms with Gasteiger partial charge in [-0.1, -0.05) is 12.8 Å². The molecule has 4 rings (SSSR count). The van der Waals surface area contributed by atoms with E-state index in [1.54, 1.807) is 31.2 Å². The molecular formula is C23H28FN3O3S. The smallest absolute Gasteiger partial charge is 0.262 e. The first-order valence-corrected chi connectivity index (χ1v) is 12.2. The second-order valence-electron chi connectivity index (χ2n) is 8.36. The van der Waals surface area contributed by atoms with Crippen LogP contribution in [0, 0.1) is 12.7 Å². The van der Waals surface area contributed by atoms with Gasteiger partial charge in [-0.05, 0) is 67.8 Å². The first kappa shape index (κ1) is 21.8. The number of halogens is 1. The fourth-order valence-corrected chi connectivity index (χ4v) is 5.83. The number of anilines is 1. The maximum Gasteiger partial charge on any atom is 0.262 e. The van der Waals surface area contributed by atoms with Gasteiger partial charge in [0.15, 0.2) is 0 Å². The van der Waals surface area contributed by atoms with Crippen LogP contribution in [0.15, 0.2) is 47.4 Å². The van der Waals surface area contributed by atoms with Crippen molar-refractivity contribution < 1.29 is 17.6 Å². The van der Waals surface area contributed by atoms with Crippen molar-refractivity contribution in [3.63, 3.8) is 0 Å². The summed E-state index contributed by atoms with van der Waals surface area (Å²) in [7, 11) is -3.85. The van der Waals surface area contributed by atoms with Gasteiger partial charge in [0.2, 0.25) is 0 Å². The number of carbonyl (C=O) groups excluding carboxylic acids is 1. The Morgan fingerprint density at radius 1 is 1.00 bits per heavy atom. The Labute approximate surface area is 183 Å². The lowest BCUT2D eigenvalue weighted by Crippen LogP contribution is -2.51. The molecule has 1 heterocycles. The van der Waals surface area contributed by atoms with E-state index >= 15 is 0 Å². The Balaban J connectivity index is 1.38. The highest BCUT2D eigenvalue weighted by Gasteiger charge is 2.28. The maximum absolute atomic E-state index is 13.3. The minimum Gasteiger partial charge on any atom is -0.336 e. The van der Waals surface area contributed by atoms with E-state index in [-0.39, 0.29) is 10.8 Å². The van der Waals surface area contributed by atoms with Crippen LogP contribution in [-0.2, 0) is 10.0 Å². The molecule has 8 heteroatoms. The van der Waals surface area contributed by atoms with Gasteiger partial charge in [-0.3, -0.25) is 14.4 Å². The second-order valence-corrected chi connectivity index (χ2v) is 10.0. The topological polar surface area (TPSA) is 69.7 Å². The van der Waals surface area contributed by atoms with Crippen LogP contribution in [0.3, 0.4) is 0 Å². The van der Waals surface area contributed by atoms with E-state index in [1.807, 2.05) is 4.90 Å². The predicted octanol–water partition coefficient (Wildman–Crippen LogP) is 3.64. The van der Waals surface area contributed by atoms with E-state index in [1.165, 1.54) is 37.8 Å². The number of piperazine rings is 1. The van der Waals surface area contributed by atoms with E-state index in [2.05, 4.69) is 9.62 Å². The molecule has 1 saturated heterocycles. The highest BCUT2D eigenvalue weighted by Crippen LogP contribution is 2.25. The summed E-state index contributed by atoms with van der Waals surface area (Å²) in [6, 6.07) is 10.7. The zero-order chi connectivity index (χ0) is 22.0. The number of amides is 1. The Morgan fingerprint density at radius 3 is 2.26 bits per heavy atom. The Bertz CT molecular complexity index is 1040. The number of rotatable bonds is 5. The van der Waals surface area contributed by atoms with Gasteiger partial charge in [0.05, 0.1) is 4.90 Å². The Kier molecular flexibility index (Phi) is 6.29. The molecule has 0 aromatic heterocycles. The molecule has 2 fully saturated rings. The average Bonchev–Trinajstić information content (AvgIpc) is 3.28. The number of hydrogen-bond acceptors (Lipinski definition) is 4. The van der Waals surface area contributed by atoms with E-state index in [9.17, 15) is 17.6 Å². The van der Waals surface area contributed by atoms with Crippen molar-refractivity contribution in [1.29, 1.82) is 0 Å². The molecule has 2 aliphatic rings. The largest absolute Gasteiger partial charge is 0.336 e. The van der Waals surface area contributed by atoms with Crippen LogP contribution in [0.5, 0.6) is 0 Å². The molecule has 1 amide bonds. The summed E-state index contributed by atoms with van der Waals surface area (Å²) in [6.07, 6.45) is 5.15. The molecule has 2 aromatic rings. The SMILES string of the molecule is Cc1cc(F)ccc1S(=O)(=O)Nc1ccc(C(=O)N2CCN(C3CCCC3)CC2)cc1. The number of carbonyl (C=O) groups is 1. The molecule has 1 saturated carbocycles. The van der Waals surface area contributed by atoms with Gasteiger partial charge in [-0.2, -0.15) is 0 Å². The van der Waals surface area contributed by atoms with Gasteiger partial charge >= 0.3 is 0 Å². The molecule has 0 radical (unpaired) electrons. The summed E-state index contributed by atoms with van der Waals surface area (Å²) < 4.78 is 41.0. The summed E-state index contributed by atoms with van der Waals surface area (Å²) in [5.74, 6) is -0.516. The van der Waals surface area contributed by atoms with Gasteiger partial charge < -0.3 is 4.90 Å². The molecule has 31 heavy (non-hydrogen) atoms. The van der Waals surface area contributed by atoms with Crippen LogP contribution in [0.1, 0.15) is 41.6 Å². The zero-order valence-electron chi connectivity index (χ0n) is 17.7. The van der Waals surface area contributed by atoms with Gasteiger partial charge in [0.1, 0.15) is 5.82 Å². The number of hydrogen-bond donors (Lipinski definition) is 1. The van der Waals surface area contributed by atoms with Gasteiger partial charge in [0, 0.05) is 43.5 Å². The van der Waals surface area contributed by atoms with E-state index in [4.69, 9.17) is 0 Å². The van der Waals surface area contributed by atoms with Crippen molar-refractivity contribution in [1.82, 2.24) is 9.80 Å². The zero-order valence-corrected chi connectivity index (χ0v) is 18.5. The molecule has 0 bridgehead atoms. The lowest BCUT2D eigenvalue weighted by atomic mass is 10.1. The van der Waals surface area contributed by atoms with Crippen LogP contribution < -0.4 is 4.72 Å². The number of nitrogens with one attached hydrogen (secondary N) is 1. The van der Waals surface area contributed by atoms with E-state index in [0.717, 1.165) is 19.2 Å². The highest BCUT2D eigenvalue weighted by molar-refractivity contribution is 7.92. The summed E-state index contributed by atoms with van der Waals surface area (Å²) >= 11 is 0. The lowest BCUT2D eigenvalue weighted by molar-refractivity contribution is 0.0573. The second kappa shape index (κ2) is 8.96. The number of nitrogens with zero attached hydrogens (tertiary/aromatic N) is 2. The molecule has 6 nitrogen and oxygen atoms in total. The predicted molar refractivity (Wildman–Crippen MR) is 118 cm³/mol. The van der Waals surface area contributed by atoms with Crippen molar-refractivity contribution in [2.45, 2.75) is 43.5 Å². The number of sulfonamides is 1. The van der Waals surface area contributed by atoms with Crippen molar-refractivity contribution in [3.8, 4) is 0 Å². The minimum absolute atomic E-state index is 0.0224. The molecule has 2 aromatic carbocycles. The highest BCUT2D eigenvalue weighted by atomic mass is 32.2. The van der Waals surface area contributed by atoms with Crippen molar-refractivity contribution in [3.05, 3.63) is 59.4 Å². The Hall–Kier alpha value is -2.45. The summed E-state index contributed by atoms with van der Waals surface area (Å²) in [4.78, 5) is 17.3. The van der Waals surface area contributed by atoms with E-state index < -0.39 is 15.8 Å². The first-order chi connectivity index (χ1) is 14.8. The third-order valence-electron chi connectivity index (χ3n) is 6.25. The van der Waals surface area contributed by atoms with Crippen molar-refractivity contribution in [2.75, 3.05) is 30.9 Å². The molecule has 0 atom stereocenters. The first-order valence-electron chi connectivity index (χ1n) is 10.8. The standard InChI is InChI=1S/C23H28FN3O3S/c1-17-16-19(24)8-11-22(17)31(29,30)25-20-9-6-18(7-10-20)23(28)27-14-12-26(13-15-27)21-4-2-3-5-21/h6-11,16,21,25H,2-5,12-15H2,1H3. The number of aryl methyl sites for hydroxylation is 1. The molecule has 1 N–H and O–H groups in total. The molecule has 0 unspecified atom stereocenters. The Morgan fingerprint density at radius 2 is 1.65 bits per heavy atom. The fourth-order valence-electron chi connectivity index (χ4n) is 4.55. The van der Waals surface area contributed by atoms with Crippen LogP contribution in [-0.4, -0.2) is 56.3 Å². The maximum atomic E-state index is 13.3. The molecule has 166 valence electrons. The van der Waals surface area contributed by atoms with Crippen molar-refractivity contribution >= 4 is 21.6 Å². The van der Waals surface area contributed by atoms with Crippen molar-refractivity contribution in [2.24, 2.45) is 0 Å². The van der Waals surface area contributed by atoms with E-state index in [0.29, 0.717) is 35.9 Å². The summed E-state index contributed by atoms with van der Waals surface area (Å²) in [5.41, 5.74) is 1.22. The lowest BCUT2D eigenvalue weighted by Gasteiger charge is -2.38. The van der Waals surface area contributed by atoms with Crippen LogP contribution >= 0.6 is 0 Å².